The lowest BCUT2D eigenvalue weighted by molar-refractivity contribution is -0.143. The molecule has 0 unspecified atom stereocenters. The third-order valence-electron chi connectivity index (χ3n) is 13.1. The average Bonchev–Trinajstić information content (AvgIpc) is 3.33. The fourth-order valence-corrected chi connectivity index (χ4v) is 9.51. The minimum Gasteiger partial charge on any atom is -0.481 e. The topological polar surface area (TPSA) is 35.5 Å². The first-order chi connectivity index (χ1) is 33.2. The largest absolute Gasteiger partial charge is 0.481 e. The fourth-order valence-electron chi connectivity index (χ4n) is 9.14. The van der Waals surface area contributed by atoms with Gasteiger partial charge in [-0.1, -0.05) is 218 Å². The molecule has 356 valence electrons. The van der Waals surface area contributed by atoms with Crippen molar-refractivity contribution in [3.8, 4) is 29.4 Å². The molecule has 0 aromatic heterocycles. The molecular formula is C64H61Cl3O3. The molecule has 0 spiro atoms. The number of carbonyl (C=O) groups is 1. The Morgan fingerprint density at radius 2 is 0.657 bits per heavy atom. The highest BCUT2D eigenvalue weighted by atomic mass is 35.5. The Bertz CT molecular complexity index is 2750. The molecular weight excluding hydrogens is 923 g/mol. The van der Waals surface area contributed by atoms with Crippen LogP contribution in [0.15, 0.2) is 170 Å². The minimum absolute atomic E-state index is 0.00902. The molecule has 0 radical (unpaired) electrons. The summed E-state index contributed by atoms with van der Waals surface area (Å²) in [6, 6.07) is 58.2. The van der Waals surface area contributed by atoms with E-state index in [0.717, 1.165) is 22.3 Å². The van der Waals surface area contributed by atoms with Gasteiger partial charge < -0.3 is 9.47 Å². The molecule has 7 aromatic carbocycles. The SMILES string of the molecule is CC(C)(C)c1ccc(C(c2ccc(OCC#CC#CCOC(=O)CC(c3ccc(Cl)cc3)(c3ccc(Cl)cc3)c3ccc(Cl)cc3)cc2)(c2ccc(C(C)(C)C)cc2)c2ccc(C(C)(C)C)cc2)cc1. The van der Waals surface area contributed by atoms with Gasteiger partial charge in [-0.15, -0.1) is 0 Å². The lowest BCUT2D eigenvalue weighted by Gasteiger charge is -2.38. The van der Waals surface area contributed by atoms with E-state index in [2.05, 4.69) is 171 Å². The monoisotopic (exact) mass is 982 g/mol. The third-order valence-corrected chi connectivity index (χ3v) is 13.9. The van der Waals surface area contributed by atoms with Gasteiger partial charge in [-0.3, -0.25) is 4.79 Å². The molecule has 0 aliphatic rings. The number of halogens is 3. The lowest BCUT2D eigenvalue weighted by atomic mass is 9.64. The highest BCUT2D eigenvalue weighted by Gasteiger charge is 2.41. The summed E-state index contributed by atoms with van der Waals surface area (Å²) in [5.74, 6) is 11.8. The van der Waals surface area contributed by atoms with E-state index in [1.54, 1.807) is 0 Å². The van der Waals surface area contributed by atoms with Gasteiger partial charge in [0, 0.05) is 15.1 Å². The zero-order chi connectivity index (χ0) is 50.3. The molecule has 0 saturated heterocycles. The number of hydrogen-bond acceptors (Lipinski definition) is 3. The van der Waals surface area contributed by atoms with Gasteiger partial charge in [0.15, 0.2) is 6.61 Å². The van der Waals surface area contributed by atoms with E-state index in [-0.39, 0.29) is 35.9 Å². The van der Waals surface area contributed by atoms with Crippen LogP contribution in [0.25, 0.3) is 0 Å². The first kappa shape index (κ1) is 51.6. The molecule has 0 aliphatic heterocycles. The maximum absolute atomic E-state index is 13.7. The molecule has 0 atom stereocenters. The number of benzene rings is 7. The van der Waals surface area contributed by atoms with Crippen LogP contribution < -0.4 is 4.74 Å². The smallest absolute Gasteiger partial charge is 0.308 e. The standard InChI is InChI=1S/C64H61Cl3O3/c1-60(2,3)45-14-20-51(21-15-45)64(52-22-16-46(17-23-52)61(4,5)6,53-24-18-47(19-25-53)62(7,8)9)54-32-40-58(41-33-54)69-42-12-10-11-13-43-70-59(68)44-63(48-26-34-55(65)35-27-48,49-28-36-56(66)37-29-49)50-30-38-57(67)39-31-50/h14-41H,42-44H2,1-9H3. The van der Waals surface area contributed by atoms with Crippen LogP contribution in [0.3, 0.4) is 0 Å². The predicted molar refractivity (Wildman–Crippen MR) is 292 cm³/mol. The molecule has 0 fully saturated rings. The van der Waals surface area contributed by atoms with E-state index in [1.807, 2.05) is 84.9 Å². The average molecular weight is 985 g/mol. The lowest BCUT2D eigenvalue weighted by Crippen LogP contribution is -2.33. The molecule has 7 aromatic rings. The van der Waals surface area contributed by atoms with Gasteiger partial charge in [0.2, 0.25) is 0 Å². The van der Waals surface area contributed by atoms with Crippen molar-refractivity contribution in [1.82, 2.24) is 0 Å². The first-order valence-electron chi connectivity index (χ1n) is 23.7. The fraction of sp³-hybridized carbons (Fsp3) is 0.266. The predicted octanol–water partition coefficient (Wildman–Crippen LogP) is 16.3. The van der Waals surface area contributed by atoms with Gasteiger partial charge in [0.05, 0.1) is 17.3 Å². The van der Waals surface area contributed by atoms with Crippen LogP contribution in [-0.2, 0) is 36.6 Å². The minimum atomic E-state index is -0.936. The molecule has 0 amide bonds. The normalized spacial score (nSPS) is 12.0. The first-order valence-corrected chi connectivity index (χ1v) is 24.8. The van der Waals surface area contributed by atoms with Crippen LogP contribution in [0.4, 0.5) is 0 Å². The number of rotatable bonds is 12. The van der Waals surface area contributed by atoms with Gasteiger partial charge in [0.25, 0.3) is 0 Å². The van der Waals surface area contributed by atoms with Crippen molar-refractivity contribution in [2.75, 3.05) is 13.2 Å². The number of hydrogen-bond donors (Lipinski definition) is 0. The summed E-state index contributed by atoms with van der Waals surface area (Å²) in [5.41, 5.74) is 9.52. The zero-order valence-electron chi connectivity index (χ0n) is 41.6. The summed E-state index contributed by atoms with van der Waals surface area (Å²) in [7, 11) is 0. The summed E-state index contributed by atoms with van der Waals surface area (Å²) in [6.45, 7) is 20.3. The second kappa shape index (κ2) is 21.4. The van der Waals surface area contributed by atoms with Crippen molar-refractivity contribution in [1.29, 1.82) is 0 Å². The maximum Gasteiger partial charge on any atom is 0.308 e. The van der Waals surface area contributed by atoms with Crippen molar-refractivity contribution in [2.24, 2.45) is 0 Å². The molecule has 0 aliphatic carbocycles. The Kier molecular flexibility index (Phi) is 15.8. The summed E-state index contributed by atoms with van der Waals surface area (Å²) < 4.78 is 11.9. The molecule has 0 N–H and O–H groups in total. The second-order valence-electron chi connectivity index (χ2n) is 20.9. The Morgan fingerprint density at radius 3 is 0.971 bits per heavy atom. The molecule has 70 heavy (non-hydrogen) atoms. The highest BCUT2D eigenvalue weighted by Crippen LogP contribution is 2.48. The van der Waals surface area contributed by atoms with E-state index in [9.17, 15) is 4.79 Å². The van der Waals surface area contributed by atoms with Crippen LogP contribution in [-0.4, -0.2) is 19.2 Å². The Balaban J connectivity index is 1.11. The molecule has 0 bridgehead atoms. The van der Waals surface area contributed by atoms with E-state index in [1.165, 1.54) is 33.4 Å². The van der Waals surface area contributed by atoms with Gasteiger partial charge >= 0.3 is 5.97 Å². The van der Waals surface area contributed by atoms with Crippen molar-refractivity contribution in [3.63, 3.8) is 0 Å². The van der Waals surface area contributed by atoms with Gasteiger partial charge in [0.1, 0.15) is 12.4 Å². The third kappa shape index (κ3) is 11.7. The Labute approximate surface area is 431 Å². The highest BCUT2D eigenvalue weighted by molar-refractivity contribution is 6.31. The Morgan fingerprint density at radius 1 is 0.386 bits per heavy atom. The summed E-state index contributed by atoms with van der Waals surface area (Å²) >= 11 is 19.0. The molecule has 6 heteroatoms. The van der Waals surface area contributed by atoms with Gasteiger partial charge in [-0.05, 0) is 144 Å². The van der Waals surface area contributed by atoms with E-state index >= 15 is 0 Å². The quantitative estimate of drug-likeness (QED) is 0.0695. The number of esters is 1. The molecule has 3 nitrogen and oxygen atoms in total. The van der Waals surface area contributed by atoms with Gasteiger partial charge in [-0.2, -0.15) is 0 Å². The molecule has 7 rings (SSSR count). The van der Waals surface area contributed by atoms with Crippen LogP contribution >= 0.6 is 34.8 Å². The number of ether oxygens (including phenoxy) is 2. The van der Waals surface area contributed by atoms with Crippen LogP contribution in [0.1, 0.15) is 124 Å². The van der Waals surface area contributed by atoms with Crippen molar-refractivity contribution < 1.29 is 14.3 Å². The van der Waals surface area contributed by atoms with Crippen molar-refractivity contribution in [2.45, 2.75) is 95.8 Å². The van der Waals surface area contributed by atoms with Gasteiger partial charge in [-0.25, -0.2) is 0 Å². The maximum atomic E-state index is 13.7. The molecule has 0 heterocycles. The zero-order valence-corrected chi connectivity index (χ0v) is 43.9. The second-order valence-corrected chi connectivity index (χ2v) is 22.2. The van der Waals surface area contributed by atoms with Crippen LogP contribution in [0.5, 0.6) is 5.75 Å². The van der Waals surface area contributed by atoms with Crippen LogP contribution in [0.2, 0.25) is 15.1 Å². The van der Waals surface area contributed by atoms with Crippen molar-refractivity contribution in [3.05, 3.63) is 241 Å². The summed E-state index contributed by atoms with van der Waals surface area (Å²) in [5, 5.41) is 1.75. The van der Waals surface area contributed by atoms with E-state index < -0.39 is 16.8 Å². The van der Waals surface area contributed by atoms with Crippen LogP contribution in [0, 0.1) is 23.7 Å². The van der Waals surface area contributed by atoms with Crippen molar-refractivity contribution >= 4 is 40.8 Å². The summed E-state index contributed by atoms with van der Waals surface area (Å²) in [4.78, 5) is 13.7. The van der Waals surface area contributed by atoms with E-state index in [4.69, 9.17) is 44.3 Å². The Hall–Kier alpha value is -6.20. The number of carbonyl (C=O) groups excluding carboxylic acids is 1. The van der Waals surface area contributed by atoms with E-state index in [0.29, 0.717) is 20.8 Å². The summed E-state index contributed by atoms with van der Waals surface area (Å²) in [6.07, 6.45) is -0.0184. The molecule has 0 saturated carbocycles.